The first-order valence-electron chi connectivity index (χ1n) is 8.46. The van der Waals surface area contributed by atoms with E-state index in [0.29, 0.717) is 28.7 Å². The van der Waals surface area contributed by atoms with E-state index in [0.717, 1.165) is 5.56 Å². The number of hydrogen-bond acceptors (Lipinski definition) is 6. The van der Waals surface area contributed by atoms with E-state index in [1.165, 1.54) is 6.20 Å². The summed E-state index contributed by atoms with van der Waals surface area (Å²) in [5.74, 6) is 1.82. The van der Waals surface area contributed by atoms with Gasteiger partial charge in [-0.2, -0.15) is 0 Å². The summed E-state index contributed by atoms with van der Waals surface area (Å²) in [6.45, 7) is 1.90. The van der Waals surface area contributed by atoms with E-state index in [1.54, 1.807) is 62.8 Å². The number of nitrogens with zero attached hydrogens (tertiary/aromatic N) is 1. The zero-order valence-corrected chi connectivity index (χ0v) is 16.6. The molecule has 0 radical (unpaired) electrons. The summed E-state index contributed by atoms with van der Waals surface area (Å²) in [7, 11) is -0.516. The summed E-state index contributed by atoms with van der Waals surface area (Å²) in [5.41, 5.74) is 2.07. The van der Waals surface area contributed by atoms with Crippen molar-refractivity contribution in [3.8, 4) is 11.5 Å². The van der Waals surface area contributed by atoms with Crippen LogP contribution in [0, 0.1) is 6.92 Å². The van der Waals surface area contributed by atoms with Crippen molar-refractivity contribution in [1.82, 2.24) is 4.98 Å². The molecule has 8 heteroatoms. The monoisotopic (exact) mass is 399 g/mol. The number of aryl methyl sites for hydroxylation is 1. The zero-order valence-electron chi connectivity index (χ0n) is 15.8. The summed E-state index contributed by atoms with van der Waals surface area (Å²) in [4.78, 5) is 4.46. The first-order valence-corrected chi connectivity index (χ1v) is 9.94. The minimum Gasteiger partial charge on any atom is -0.497 e. The molecular weight excluding hydrogens is 378 g/mol. The van der Waals surface area contributed by atoms with E-state index in [9.17, 15) is 8.42 Å². The van der Waals surface area contributed by atoms with Gasteiger partial charge < -0.3 is 14.8 Å². The number of aromatic nitrogens is 1. The topological polar surface area (TPSA) is 89.6 Å². The van der Waals surface area contributed by atoms with E-state index in [2.05, 4.69) is 15.0 Å². The summed E-state index contributed by atoms with van der Waals surface area (Å²) in [6, 6.07) is 15.3. The van der Waals surface area contributed by atoms with Gasteiger partial charge in [-0.3, -0.25) is 4.72 Å². The van der Waals surface area contributed by atoms with Crippen molar-refractivity contribution in [2.45, 2.75) is 11.8 Å². The molecule has 0 unspecified atom stereocenters. The van der Waals surface area contributed by atoms with Crippen LogP contribution in [0.5, 0.6) is 11.5 Å². The molecule has 2 N–H and O–H groups in total. The fraction of sp³-hybridized carbons (Fsp3) is 0.150. The first kappa shape index (κ1) is 19.5. The van der Waals surface area contributed by atoms with Crippen molar-refractivity contribution in [2.75, 3.05) is 24.3 Å². The van der Waals surface area contributed by atoms with Crippen molar-refractivity contribution in [1.29, 1.82) is 0 Å². The molecule has 0 aliphatic heterocycles. The van der Waals surface area contributed by atoms with Crippen molar-refractivity contribution >= 4 is 27.2 Å². The lowest BCUT2D eigenvalue weighted by Gasteiger charge is -2.13. The number of pyridine rings is 1. The number of sulfonamides is 1. The fourth-order valence-corrected chi connectivity index (χ4v) is 3.54. The molecule has 0 atom stereocenters. The summed E-state index contributed by atoms with van der Waals surface area (Å²) in [5, 5.41) is 3.13. The molecule has 7 nitrogen and oxygen atoms in total. The van der Waals surface area contributed by atoms with Gasteiger partial charge in [-0.15, -0.1) is 0 Å². The Morgan fingerprint density at radius 3 is 2.29 bits per heavy atom. The lowest BCUT2D eigenvalue weighted by Crippen LogP contribution is -2.13. The van der Waals surface area contributed by atoms with Gasteiger partial charge in [0.1, 0.15) is 17.3 Å². The van der Waals surface area contributed by atoms with E-state index < -0.39 is 10.0 Å². The molecule has 0 amide bonds. The molecule has 1 aromatic heterocycles. The molecule has 3 aromatic rings. The van der Waals surface area contributed by atoms with Crippen LogP contribution < -0.4 is 19.5 Å². The van der Waals surface area contributed by atoms with E-state index in [1.807, 2.05) is 13.0 Å². The summed E-state index contributed by atoms with van der Waals surface area (Å²) < 4.78 is 37.9. The Balaban J connectivity index is 1.74. The Kier molecular flexibility index (Phi) is 5.70. The molecule has 0 aliphatic rings. The van der Waals surface area contributed by atoms with Gasteiger partial charge in [-0.05, 0) is 43.3 Å². The SMILES string of the molecule is COc1ccc(Nc2ccc(NS(=O)(=O)c3ccc(C)cc3)cn2)c(OC)c1. The molecule has 146 valence electrons. The second-order valence-corrected chi connectivity index (χ2v) is 7.72. The summed E-state index contributed by atoms with van der Waals surface area (Å²) >= 11 is 0. The Hall–Kier alpha value is -3.26. The zero-order chi connectivity index (χ0) is 20.1. The Morgan fingerprint density at radius 2 is 1.68 bits per heavy atom. The average Bonchev–Trinajstić information content (AvgIpc) is 2.70. The fourth-order valence-electron chi connectivity index (χ4n) is 2.50. The third-order valence-electron chi connectivity index (χ3n) is 4.02. The van der Waals surface area contributed by atoms with Crippen molar-refractivity contribution < 1.29 is 17.9 Å². The highest BCUT2D eigenvalue weighted by Gasteiger charge is 2.14. The quantitative estimate of drug-likeness (QED) is 0.625. The van der Waals surface area contributed by atoms with Gasteiger partial charge >= 0.3 is 0 Å². The van der Waals surface area contributed by atoms with Crippen molar-refractivity contribution in [3.05, 3.63) is 66.4 Å². The number of anilines is 3. The second kappa shape index (κ2) is 8.18. The number of hydrogen-bond donors (Lipinski definition) is 2. The van der Waals surface area contributed by atoms with E-state index in [4.69, 9.17) is 9.47 Å². The van der Waals surface area contributed by atoms with Gasteiger partial charge in [-0.25, -0.2) is 13.4 Å². The molecule has 2 aromatic carbocycles. The third kappa shape index (κ3) is 4.52. The second-order valence-electron chi connectivity index (χ2n) is 6.04. The number of methoxy groups -OCH3 is 2. The molecule has 0 fully saturated rings. The Labute approximate surface area is 164 Å². The molecule has 0 spiro atoms. The number of rotatable bonds is 7. The Morgan fingerprint density at radius 1 is 0.929 bits per heavy atom. The van der Waals surface area contributed by atoms with E-state index >= 15 is 0 Å². The minimum absolute atomic E-state index is 0.197. The van der Waals surface area contributed by atoms with Crippen LogP contribution in [0.15, 0.2) is 65.7 Å². The van der Waals surface area contributed by atoms with Gasteiger partial charge in [0.15, 0.2) is 0 Å². The van der Waals surface area contributed by atoms with Crippen LogP contribution in [-0.2, 0) is 10.0 Å². The smallest absolute Gasteiger partial charge is 0.261 e. The number of nitrogens with one attached hydrogen (secondary N) is 2. The maximum absolute atomic E-state index is 12.4. The molecule has 0 saturated carbocycles. The molecular formula is C20H21N3O4S. The number of benzene rings is 2. The van der Waals surface area contributed by atoms with Crippen LogP contribution in [0.2, 0.25) is 0 Å². The predicted octanol–water partition coefficient (Wildman–Crippen LogP) is 3.95. The van der Waals surface area contributed by atoms with Crippen LogP contribution in [0.4, 0.5) is 17.2 Å². The average molecular weight is 399 g/mol. The standard InChI is InChI=1S/C20H21N3O4S/c1-14-4-8-17(9-5-14)28(24,25)23-15-6-11-20(21-13-15)22-18-10-7-16(26-2)12-19(18)27-3/h4-13,23H,1-3H3,(H,21,22). The maximum Gasteiger partial charge on any atom is 0.261 e. The molecule has 0 saturated heterocycles. The normalized spacial score (nSPS) is 11.0. The van der Waals surface area contributed by atoms with Crippen molar-refractivity contribution in [3.63, 3.8) is 0 Å². The molecule has 3 rings (SSSR count). The van der Waals surface area contributed by atoms with Crippen molar-refractivity contribution in [2.24, 2.45) is 0 Å². The largest absolute Gasteiger partial charge is 0.497 e. The highest BCUT2D eigenvalue weighted by Crippen LogP contribution is 2.31. The first-order chi connectivity index (χ1) is 13.4. The van der Waals surface area contributed by atoms with E-state index in [-0.39, 0.29) is 4.90 Å². The van der Waals surface area contributed by atoms with Crippen LogP contribution in [-0.4, -0.2) is 27.6 Å². The molecule has 0 bridgehead atoms. The lowest BCUT2D eigenvalue weighted by atomic mass is 10.2. The molecule has 28 heavy (non-hydrogen) atoms. The van der Waals surface area contributed by atoms with Crippen LogP contribution in [0.1, 0.15) is 5.56 Å². The Bertz CT molecular complexity index is 1050. The van der Waals surface area contributed by atoms with Gasteiger partial charge in [0.2, 0.25) is 0 Å². The predicted molar refractivity (Wildman–Crippen MR) is 109 cm³/mol. The summed E-state index contributed by atoms with van der Waals surface area (Å²) in [6.07, 6.45) is 1.45. The van der Waals surface area contributed by atoms with Gasteiger partial charge in [0.25, 0.3) is 10.0 Å². The highest BCUT2D eigenvalue weighted by molar-refractivity contribution is 7.92. The lowest BCUT2D eigenvalue weighted by molar-refractivity contribution is 0.395. The van der Waals surface area contributed by atoms with Gasteiger partial charge in [-0.1, -0.05) is 17.7 Å². The highest BCUT2D eigenvalue weighted by atomic mass is 32.2. The molecule has 1 heterocycles. The molecule has 0 aliphatic carbocycles. The minimum atomic E-state index is -3.66. The van der Waals surface area contributed by atoms with Crippen LogP contribution >= 0.6 is 0 Å². The number of ether oxygens (including phenoxy) is 2. The maximum atomic E-state index is 12.4. The van der Waals surface area contributed by atoms with Crippen LogP contribution in [0.25, 0.3) is 0 Å². The third-order valence-corrected chi connectivity index (χ3v) is 5.42. The van der Waals surface area contributed by atoms with Gasteiger partial charge in [0, 0.05) is 6.07 Å². The van der Waals surface area contributed by atoms with Gasteiger partial charge in [0.05, 0.1) is 36.7 Å². The van der Waals surface area contributed by atoms with Crippen LogP contribution in [0.3, 0.4) is 0 Å².